The van der Waals surface area contributed by atoms with E-state index >= 15 is 0 Å². The lowest BCUT2D eigenvalue weighted by molar-refractivity contribution is -0.385. The number of hydrogen-bond acceptors (Lipinski definition) is 4. The first kappa shape index (κ1) is 15.6. The van der Waals surface area contributed by atoms with Crippen molar-refractivity contribution in [2.45, 2.75) is 46.1 Å². The number of nitrogens with one attached hydrogen (secondary N) is 1. The minimum atomic E-state index is -0.359. The summed E-state index contributed by atoms with van der Waals surface area (Å²) in [7, 11) is 0. The number of nitro groups is 1. The first-order valence-corrected chi connectivity index (χ1v) is 7.70. The van der Waals surface area contributed by atoms with E-state index in [1.807, 2.05) is 6.92 Å². The van der Waals surface area contributed by atoms with Crippen LogP contribution in [0, 0.1) is 22.0 Å². The van der Waals surface area contributed by atoms with Crippen molar-refractivity contribution in [3.05, 3.63) is 28.3 Å². The maximum absolute atomic E-state index is 11.4. The van der Waals surface area contributed by atoms with Crippen LogP contribution >= 0.6 is 0 Å². The molecule has 1 aliphatic rings. The van der Waals surface area contributed by atoms with Crippen molar-refractivity contribution in [3.8, 4) is 5.75 Å². The lowest BCUT2D eigenvalue weighted by Crippen LogP contribution is -2.29. The third kappa shape index (κ3) is 3.65. The van der Waals surface area contributed by atoms with Crippen LogP contribution < -0.4 is 10.1 Å². The fourth-order valence-corrected chi connectivity index (χ4v) is 2.92. The molecule has 3 atom stereocenters. The Morgan fingerprint density at radius 2 is 2.10 bits per heavy atom. The summed E-state index contributed by atoms with van der Waals surface area (Å²) in [5.74, 6) is 1.68. The van der Waals surface area contributed by atoms with E-state index in [0.29, 0.717) is 29.8 Å². The van der Waals surface area contributed by atoms with Gasteiger partial charge in [-0.2, -0.15) is 0 Å². The Labute approximate surface area is 125 Å². The Morgan fingerprint density at radius 3 is 2.71 bits per heavy atom. The second-order valence-corrected chi connectivity index (χ2v) is 5.95. The van der Waals surface area contributed by atoms with Crippen LogP contribution in [-0.2, 0) is 0 Å². The zero-order valence-electron chi connectivity index (χ0n) is 13.0. The molecule has 0 saturated heterocycles. The summed E-state index contributed by atoms with van der Waals surface area (Å²) < 4.78 is 5.97. The summed E-state index contributed by atoms with van der Waals surface area (Å²) in [6.07, 6.45) is 3.12. The standard InChI is InChI=1S/C16H24N2O3/c1-4-17-14-6-5-7-15(16(14)18(19)20)21-13-9-8-11(2)12(3)10-13/h5-7,11-13,17H,4,8-10H2,1-3H3. The Kier molecular flexibility index (Phi) is 5.04. The number of anilines is 1. The highest BCUT2D eigenvalue weighted by atomic mass is 16.6. The molecule has 0 radical (unpaired) electrons. The lowest BCUT2D eigenvalue weighted by Gasteiger charge is -2.32. The largest absolute Gasteiger partial charge is 0.483 e. The molecule has 5 nitrogen and oxygen atoms in total. The molecule has 21 heavy (non-hydrogen) atoms. The predicted molar refractivity (Wildman–Crippen MR) is 83.9 cm³/mol. The van der Waals surface area contributed by atoms with Crippen molar-refractivity contribution in [1.29, 1.82) is 0 Å². The third-order valence-electron chi connectivity index (χ3n) is 4.39. The smallest absolute Gasteiger partial charge is 0.333 e. The maximum atomic E-state index is 11.4. The molecule has 0 aliphatic heterocycles. The van der Waals surface area contributed by atoms with Crippen molar-refractivity contribution >= 4 is 11.4 Å². The van der Waals surface area contributed by atoms with Crippen molar-refractivity contribution in [3.63, 3.8) is 0 Å². The van der Waals surface area contributed by atoms with Crippen molar-refractivity contribution in [2.24, 2.45) is 11.8 Å². The average Bonchev–Trinajstić information content (AvgIpc) is 2.43. The molecule has 1 aliphatic carbocycles. The van der Waals surface area contributed by atoms with E-state index in [2.05, 4.69) is 19.2 Å². The Balaban J connectivity index is 2.19. The molecule has 2 rings (SSSR count). The molecule has 3 unspecified atom stereocenters. The van der Waals surface area contributed by atoms with Crippen LogP contribution in [0.1, 0.15) is 40.0 Å². The van der Waals surface area contributed by atoms with E-state index in [0.717, 1.165) is 19.3 Å². The van der Waals surface area contributed by atoms with Crippen LogP contribution in [0.4, 0.5) is 11.4 Å². The van der Waals surface area contributed by atoms with Gasteiger partial charge < -0.3 is 10.1 Å². The zero-order valence-corrected chi connectivity index (χ0v) is 13.0. The highest BCUT2D eigenvalue weighted by Gasteiger charge is 2.28. The number of nitro benzene ring substituents is 1. The van der Waals surface area contributed by atoms with Crippen LogP contribution in [0.3, 0.4) is 0 Å². The molecule has 0 aromatic heterocycles. The van der Waals surface area contributed by atoms with Gasteiger partial charge in [-0.3, -0.25) is 10.1 Å². The molecule has 116 valence electrons. The van der Waals surface area contributed by atoms with E-state index < -0.39 is 0 Å². The van der Waals surface area contributed by atoms with Gasteiger partial charge in [-0.05, 0) is 50.2 Å². The van der Waals surface area contributed by atoms with Gasteiger partial charge in [-0.1, -0.05) is 19.9 Å². The molecule has 1 fully saturated rings. The fraction of sp³-hybridized carbons (Fsp3) is 0.625. The molecule has 0 spiro atoms. The normalized spacial score (nSPS) is 25.4. The highest BCUT2D eigenvalue weighted by Crippen LogP contribution is 2.38. The van der Waals surface area contributed by atoms with Gasteiger partial charge in [-0.25, -0.2) is 0 Å². The fourth-order valence-electron chi connectivity index (χ4n) is 2.92. The average molecular weight is 292 g/mol. The lowest BCUT2D eigenvalue weighted by atomic mass is 9.80. The maximum Gasteiger partial charge on any atom is 0.333 e. The number of ether oxygens (including phenoxy) is 1. The highest BCUT2D eigenvalue weighted by molar-refractivity contribution is 5.68. The van der Waals surface area contributed by atoms with Gasteiger partial charge in [0.05, 0.1) is 11.0 Å². The monoisotopic (exact) mass is 292 g/mol. The molecule has 1 saturated carbocycles. The van der Waals surface area contributed by atoms with Gasteiger partial charge in [0.15, 0.2) is 5.75 Å². The van der Waals surface area contributed by atoms with Gasteiger partial charge in [0.2, 0.25) is 0 Å². The number of para-hydroxylation sites is 1. The molecular weight excluding hydrogens is 268 g/mol. The SMILES string of the molecule is CCNc1cccc(OC2CCC(C)C(C)C2)c1[N+](=O)[O-]. The van der Waals surface area contributed by atoms with Crippen LogP contribution in [0.2, 0.25) is 0 Å². The summed E-state index contributed by atoms with van der Waals surface area (Å²) in [5, 5.41) is 14.4. The first-order chi connectivity index (χ1) is 10.0. The molecular formula is C16H24N2O3. The molecule has 0 amide bonds. The van der Waals surface area contributed by atoms with E-state index in [4.69, 9.17) is 4.74 Å². The van der Waals surface area contributed by atoms with E-state index in [1.165, 1.54) is 0 Å². The molecule has 1 aromatic carbocycles. The van der Waals surface area contributed by atoms with E-state index in [-0.39, 0.29) is 16.7 Å². The summed E-state index contributed by atoms with van der Waals surface area (Å²) in [6, 6.07) is 5.22. The van der Waals surface area contributed by atoms with Crippen LogP contribution in [0.25, 0.3) is 0 Å². The second kappa shape index (κ2) is 6.78. The van der Waals surface area contributed by atoms with Gasteiger partial charge in [0, 0.05) is 6.54 Å². The summed E-state index contributed by atoms with van der Waals surface area (Å²) in [5.41, 5.74) is 0.572. The number of rotatable bonds is 5. The minimum absolute atomic E-state index is 0.0469. The van der Waals surface area contributed by atoms with Crippen molar-refractivity contribution in [2.75, 3.05) is 11.9 Å². The van der Waals surface area contributed by atoms with Gasteiger partial charge >= 0.3 is 5.69 Å². The quantitative estimate of drug-likeness (QED) is 0.651. The van der Waals surface area contributed by atoms with E-state index in [9.17, 15) is 10.1 Å². The summed E-state index contributed by atoms with van der Waals surface area (Å²) in [4.78, 5) is 11.0. The number of hydrogen-bond donors (Lipinski definition) is 1. The Morgan fingerprint density at radius 1 is 1.33 bits per heavy atom. The number of benzene rings is 1. The minimum Gasteiger partial charge on any atom is -0.483 e. The molecule has 1 N–H and O–H groups in total. The van der Waals surface area contributed by atoms with Crippen molar-refractivity contribution in [1.82, 2.24) is 0 Å². The van der Waals surface area contributed by atoms with Crippen LogP contribution in [-0.4, -0.2) is 17.6 Å². The topological polar surface area (TPSA) is 64.4 Å². The van der Waals surface area contributed by atoms with Gasteiger partial charge in [0.25, 0.3) is 0 Å². The predicted octanol–water partition coefficient (Wildman–Crippen LogP) is 4.23. The third-order valence-corrected chi connectivity index (χ3v) is 4.39. The molecule has 1 aromatic rings. The van der Waals surface area contributed by atoms with E-state index in [1.54, 1.807) is 18.2 Å². The summed E-state index contributed by atoms with van der Waals surface area (Å²) in [6.45, 7) is 7.04. The Bertz CT molecular complexity index is 504. The second-order valence-electron chi connectivity index (χ2n) is 5.95. The van der Waals surface area contributed by atoms with Crippen molar-refractivity contribution < 1.29 is 9.66 Å². The van der Waals surface area contributed by atoms with Gasteiger partial charge in [0.1, 0.15) is 5.69 Å². The molecule has 0 heterocycles. The van der Waals surface area contributed by atoms with Gasteiger partial charge in [-0.15, -0.1) is 0 Å². The zero-order chi connectivity index (χ0) is 15.4. The Hall–Kier alpha value is -1.78. The molecule has 5 heteroatoms. The summed E-state index contributed by atoms with van der Waals surface area (Å²) >= 11 is 0. The van der Waals surface area contributed by atoms with Crippen LogP contribution in [0.15, 0.2) is 18.2 Å². The first-order valence-electron chi connectivity index (χ1n) is 7.70. The van der Waals surface area contributed by atoms with Crippen LogP contribution in [0.5, 0.6) is 5.75 Å². The number of nitrogens with zero attached hydrogens (tertiary/aromatic N) is 1. The molecule has 0 bridgehead atoms.